The van der Waals surface area contributed by atoms with Crippen molar-refractivity contribution in [2.45, 2.75) is 18.0 Å². The number of alkyl halides is 4. The molecule has 0 bridgehead atoms. The first-order chi connectivity index (χ1) is 9.36. The van der Waals surface area contributed by atoms with Crippen molar-refractivity contribution < 1.29 is 13.2 Å². The Balaban J connectivity index is 2.08. The summed E-state index contributed by atoms with van der Waals surface area (Å²) < 4.78 is 38.5. The average Bonchev–Trinajstić information content (AvgIpc) is 2.39. The molecule has 20 heavy (non-hydrogen) atoms. The molecule has 0 aliphatic heterocycles. The Morgan fingerprint density at radius 3 is 2.00 bits per heavy atom. The second-order valence-corrected chi connectivity index (χ2v) is 6.19. The highest BCUT2D eigenvalue weighted by Crippen LogP contribution is 2.30. The van der Waals surface area contributed by atoms with Crippen molar-refractivity contribution in [3.63, 3.8) is 0 Å². The highest BCUT2D eigenvalue weighted by Gasteiger charge is 2.29. The van der Waals surface area contributed by atoms with Crippen LogP contribution in [0, 0.1) is 3.57 Å². The van der Waals surface area contributed by atoms with E-state index in [1.807, 2.05) is 24.3 Å². The zero-order valence-corrected chi connectivity index (χ0v) is 13.2. The van der Waals surface area contributed by atoms with E-state index in [-0.39, 0.29) is 5.38 Å². The van der Waals surface area contributed by atoms with Crippen molar-refractivity contribution in [1.29, 1.82) is 0 Å². The molecular weight excluding hydrogens is 400 g/mol. The molecule has 0 nitrogen and oxygen atoms in total. The molecule has 106 valence electrons. The van der Waals surface area contributed by atoms with E-state index in [4.69, 9.17) is 11.6 Å². The number of halogens is 5. The second-order valence-electron chi connectivity index (χ2n) is 4.42. The Morgan fingerprint density at radius 1 is 0.950 bits per heavy atom. The van der Waals surface area contributed by atoms with Crippen molar-refractivity contribution in [1.82, 2.24) is 0 Å². The van der Waals surface area contributed by atoms with Crippen LogP contribution in [0.3, 0.4) is 0 Å². The summed E-state index contributed by atoms with van der Waals surface area (Å²) in [6.07, 6.45) is -3.80. The summed E-state index contributed by atoms with van der Waals surface area (Å²) in [6.45, 7) is 0. The van der Waals surface area contributed by atoms with E-state index in [9.17, 15) is 13.2 Å². The maximum absolute atomic E-state index is 12.5. The molecule has 0 aromatic heterocycles. The summed E-state index contributed by atoms with van der Waals surface area (Å²) in [4.78, 5) is 0. The van der Waals surface area contributed by atoms with Gasteiger partial charge in [-0.15, -0.1) is 11.6 Å². The molecule has 1 unspecified atom stereocenters. The fraction of sp³-hybridized carbons (Fsp3) is 0.200. The van der Waals surface area contributed by atoms with Crippen LogP contribution in [-0.4, -0.2) is 0 Å². The molecule has 5 heteroatoms. The molecule has 0 aliphatic rings. The Kier molecular flexibility index (Phi) is 4.96. The van der Waals surface area contributed by atoms with E-state index < -0.39 is 11.7 Å². The number of benzene rings is 2. The lowest BCUT2D eigenvalue weighted by atomic mass is 10.0. The maximum Gasteiger partial charge on any atom is 0.416 e. The van der Waals surface area contributed by atoms with Gasteiger partial charge in [0.2, 0.25) is 0 Å². The summed E-state index contributed by atoms with van der Waals surface area (Å²) in [6, 6.07) is 12.9. The Labute approximate surface area is 134 Å². The lowest BCUT2D eigenvalue weighted by molar-refractivity contribution is -0.137. The van der Waals surface area contributed by atoms with Crippen molar-refractivity contribution in [2.75, 3.05) is 0 Å². The summed E-state index contributed by atoms with van der Waals surface area (Å²) in [7, 11) is 0. The van der Waals surface area contributed by atoms with Gasteiger partial charge < -0.3 is 0 Å². The molecule has 0 saturated heterocycles. The SMILES string of the molecule is FC(F)(F)c1ccc(CC(Cl)c2ccc(I)cc2)cc1. The van der Waals surface area contributed by atoms with Gasteiger partial charge in [0.1, 0.15) is 0 Å². The molecule has 0 heterocycles. The molecule has 2 rings (SSSR count). The molecule has 0 fully saturated rings. The van der Waals surface area contributed by atoms with Crippen molar-refractivity contribution >= 4 is 34.2 Å². The van der Waals surface area contributed by atoms with Gasteiger partial charge in [-0.1, -0.05) is 24.3 Å². The molecule has 0 amide bonds. The lowest BCUT2D eigenvalue weighted by Gasteiger charge is -2.11. The first kappa shape index (κ1) is 15.6. The topological polar surface area (TPSA) is 0 Å². The van der Waals surface area contributed by atoms with Gasteiger partial charge in [0.05, 0.1) is 10.9 Å². The minimum atomic E-state index is -4.30. The van der Waals surface area contributed by atoms with Crippen molar-refractivity contribution in [3.8, 4) is 0 Å². The van der Waals surface area contributed by atoms with Crippen LogP contribution in [0.25, 0.3) is 0 Å². The molecular formula is C15H11ClF3I. The van der Waals surface area contributed by atoms with E-state index in [0.29, 0.717) is 6.42 Å². The molecule has 1 atom stereocenters. The Hall–Kier alpha value is -0.750. The van der Waals surface area contributed by atoms with Crippen LogP contribution < -0.4 is 0 Å². The molecule has 2 aromatic rings. The number of hydrogen-bond donors (Lipinski definition) is 0. The molecule has 0 spiro atoms. The zero-order chi connectivity index (χ0) is 14.8. The fourth-order valence-electron chi connectivity index (χ4n) is 1.83. The van der Waals surface area contributed by atoms with Gasteiger partial charge >= 0.3 is 6.18 Å². The third kappa shape index (κ3) is 4.12. The quantitative estimate of drug-likeness (QED) is 0.441. The van der Waals surface area contributed by atoms with Crippen LogP contribution in [0.15, 0.2) is 48.5 Å². The number of hydrogen-bond acceptors (Lipinski definition) is 0. The van der Waals surface area contributed by atoms with E-state index in [0.717, 1.165) is 26.8 Å². The first-order valence-electron chi connectivity index (χ1n) is 5.92. The average molecular weight is 411 g/mol. The smallest absolute Gasteiger partial charge is 0.166 e. The predicted molar refractivity (Wildman–Crippen MR) is 82.9 cm³/mol. The van der Waals surface area contributed by atoms with Gasteiger partial charge in [0.15, 0.2) is 0 Å². The van der Waals surface area contributed by atoms with Gasteiger partial charge in [-0.3, -0.25) is 0 Å². The van der Waals surface area contributed by atoms with Gasteiger partial charge in [-0.2, -0.15) is 13.2 Å². The Morgan fingerprint density at radius 2 is 1.50 bits per heavy atom. The van der Waals surface area contributed by atoms with Crippen LogP contribution in [0.1, 0.15) is 22.1 Å². The van der Waals surface area contributed by atoms with Gasteiger partial charge in [0, 0.05) is 3.57 Å². The van der Waals surface area contributed by atoms with Gasteiger partial charge in [-0.05, 0) is 64.4 Å². The van der Waals surface area contributed by atoms with Crippen molar-refractivity contribution in [2.24, 2.45) is 0 Å². The Bertz CT molecular complexity index is 561. The lowest BCUT2D eigenvalue weighted by Crippen LogP contribution is -2.05. The van der Waals surface area contributed by atoms with Gasteiger partial charge in [0.25, 0.3) is 0 Å². The largest absolute Gasteiger partial charge is 0.416 e. The fourth-order valence-corrected chi connectivity index (χ4v) is 2.51. The van der Waals surface area contributed by atoms with Crippen LogP contribution in [0.2, 0.25) is 0 Å². The van der Waals surface area contributed by atoms with Crippen LogP contribution >= 0.6 is 34.2 Å². The predicted octanol–water partition coefficient (Wildman–Crippen LogP) is 5.83. The summed E-state index contributed by atoms with van der Waals surface area (Å²) in [5.41, 5.74) is 1.12. The molecule has 0 N–H and O–H groups in total. The van der Waals surface area contributed by atoms with Crippen LogP contribution in [-0.2, 0) is 12.6 Å². The zero-order valence-electron chi connectivity index (χ0n) is 10.3. The van der Waals surface area contributed by atoms with E-state index in [1.54, 1.807) is 0 Å². The molecule has 0 aliphatic carbocycles. The monoisotopic (exact) mass is 410 g/mol. The summed E-state index contributed by atoms with van der Waals surface area (Å²) in [5, 5.41) is -0.247. The highest BCUT2D eigenvalue weighted by atomic mass is 127. The van der Waals surface area contributed by atoms with Crippen LogP contribution in [0.5, 0.6) is 0 Å². The normalized spacial score (nSPS) is 13.2. The summed E-state index contributed by atoms with van der Waals surface area (Å²) in [5.74, 6) is 0. The number of rotatable bonds is 3. The third-order valence-electron chi connectivity index (χ3n) is 2.93. The summed E-state index contributed by atoms with van der Waals surface area (Å²) >= 11 is 8.50. The third-order valence-corrected chi connectivity index (χ3v) is 4.05. The standard InChI is InChI=1S/C15H11ClF3I/c16-14(11-3-7-13(20)8-4-11)9-10-1-5-12(6-2-10)15(17,18)19/h1-8,14H,9H2. The second kappa shape index (κ2) is 6.35. The minimum absolute atomic E-state index is 0.247. The maximum atomic E-state index is 12.5. The molecule has 2 aromatic carbocycles. The van der Waals surface area contributed by atoms with E-state index in [1.165, 1.54) is 12.1 Å². The molecule has 0 radical (unpaired) electrons. The van der Waals surface area contributed by atoms with E-state index >= 15 is 0 Å². The minimum Gasteiger partial charge on any atom is -0.166 e. The first-order valence-corrected chi connectivity index (χ1v) is 7.43. The van der Waals surface area contributed by atoms with Gasteiger partial charge in [-0.25, -0.2) is 0 Å². The van der Waals surface area contributed by atoms with Crippen molar-refractivity contribution in [3.05, 3.63) is 68.8 Å². The van der Waals surface area contributed by atoms with Crippen LogP contribution in [0.4, 0.5) is 13.2 Å². The van der Waals surface area contributed by atoms with E-state index in [2.05, 4.69) is 22.6 Å². The molecule has 0 saturated carbocycles. The highest BCUT2D eigenvalue weighted by molar-refractivity contribution is 14.1.